The van der Waals surface area contributed by atoms with E-state index in [9.17, 15) is 9.59 Å². The Hall–Kier alpha value is -2.27. The molecule has 0 saturated heterocycles. The van der Waals surface area contributed by atoms with Crippen LogP contribution in [0.15, 0.2) is 59.5 Å². The van der Waals surface area contributed by atoms with Crippen molar-refractivity contribution >= 4 is 23.6 Å². The lowest BCUT2D eigenvalue weighted by Crippen LogP contribution is -2.23. The number of rotatable bonds is 10. The Labute approximate surface area is 159 Å². The summed E-state index contributed by atoms with van der Waals surface area (Å²) in [5.41, 5.74) is 2.27. The highest BCUT2D eigenvalue weighted by atomic mass is 32.2. The minimum absolute atomic E-state index is 0.114. The van der Waals surface area contributed by atoms with Crippen LogP contribution in [0.4, 0.5) is 0 Å². The average Bonchev–Trinajstić information content (AvgIpc) is 2.69. The molecule has 2 rings (SSSR count). The first-order valence-electron chi connectivity index (χ1n) is 8.76. The van der Waals surface area contributed by atoms with E-state index in [0.717, 1.165) is 18.4 Å². The quantitative estimate of drug-likeness (QED) is 0.390. The van der Waals surface area contributed by atoms with Crippen LogP contribution in [0.5, 0.6) is 0 Å². The maximum Gasteiger partial charge on any atom is 0.306 e. The van der Waals surface area contributed by atoms with Crippen molar-refractivity contribution in [2.24, 2.45) is 0 Å². The molecule has 4 nitrogen and oxygen atoms in total. The van der Waals surface area contributed by atoms with Gasteiger partial charge in [0.1, 0.15) is 0 Å². The molecule has 2 aromatic carbocycles. The van der Waals surface area contributed by atoms with Crippen molar-refractivity contribution in [1.82, 2.24) is 5.32 Å². The van der Waals surface area contributed by atoms with E-state index in [1.54, 1.807) is 11.8 Å². The van der Waals surface area contributed by atoms with E-state index in [4.69, 9.17) is 4.74 Å². The maximum atomic E-state index is 11.8. The second-order valence-corrected chi connectivity index (χ2v) is 6.81. The highest BCUT2D eigenvalue weighted by Crippen LogP contribution is 2.14. The van der Waals surface area contributed by atoms with Gasteiger partial charge < -0.3 is 10.1 Å². The molecule has 0 unspecified atom stereocenters. The normalized spacial score (nSPS) is 10.3. The SMILES string of the molecule is CSc1ccc(CNC(=O)CCC(=O)OCCCc2ccccc2)cc1. The van der Waals surface area contributed by atoms with Crippen molar-refractivity contribution in [3.63, 3.8) is 0 Å². The molecule has 0 heterocycles. The van der Waals surface area contributed by atoms with Gasteiger partial charge in [-0.1, -0.05) is 42.5 Å². The molecule has 2 aromatic rings. The predicted octanol–water partition coefficient (Wildman–Crippen LogP) is 3.98. The van der Waals surface area contributed by atoms with Gasteiger partial charge in [0.05, 0.1) is 13.0 Å². The van der Waals surface area contributed by atoms with Gasteiger partial charge in [-0.3, -0.25) is 9.59 Å². The first-order valence-corrected chi connectivity index (χ1v) is 9.99. The molecule has 0 atom stereocenters. The smallest absolute Gasteiger partial charge is 0.306 e. The summed E-state index contributed by atoms with van der Waals surface area (Å²) >= 11 is 1.68. The third-order valence-electron chi connectivity index (χ3n) is 3.92. The first kappa shape index (κ1) is 20.0. The number of nitrogens with one attached hydrogen (secondary N) is 1. The van der Waals surface area contributed by atoms with Crippen LogP contribution in [0.3, 0.4) is 0 Å². The van der Waals surface area contributed by atoms with Crippen LogP contribution in [0.2, 0.25) is 0 Å². The number of carbonyl (C=O) groups excluding carboxylic acids is 2. The Bertz CT molecular complexity index is 686. The summed E-state index contributed by atoms with van der Waals surface area (Å²) in [6, 6.07) is 18.1. The second-order valence-electron chi connectivity index (χ2n) is 5.93. The Morgan fingerprint density at radius 1 is 0.962 bits per heavy atom. The molecule has 0 aliphatic carbocycles. The molecule has 138 valence electrons. The number of amides is 1. The fourth-order valence-electron chi connectivity index (χ4n) is 2.43. The Kier molecular flexibility index (Phi) is 8.76. The average molecular weight is 372 g/mol. The molecular weight excluding hydrogens is 346 g/mol. The Morgan fingerprint density at radius 3 is 2.38 bits per heavy atom. The summed E-state index contributed by atoms with van der Waals surface area (Å²) in [6.45, 7) is 0.858. The zero-order valence-corrected chi connectivity index (χ0v) is 15.9. The molecular formula is C21H25NO3S. The van der Waals surface area contributed by atoms with Gasteiger partial charge in [-0.05, 0) is 42.4 Å². The number of hydrogen-bond acceptors (Lipinski definition) is 4. The number of aryl methyl sites for hydroxylation is 1. The van der Waals surface area contributed by atoms with Gasteiger partial charge in [0.15, 0.2) is 0 Å². The van der Waals surface area contributed by atoms with Crippen molar-refractivity contribution < 1.29 is 14.3 Å². The summed E-state index contributed by atoms with van der Waals surface area (Å²) in [7, 11) is 0. The monoisotopic (exact) mass is 371 g/mol. The molecule has 0 bridgehead atoms. The molecule has 0 aromatic heterocycles. The number of benzene rings is 2. The lowest BCUT2D eigenvalue weighted by Gasteiger charge is -2.07. The minimum Gasteiger partial charge on any atom is -0.466 e. The van der Waals surface area contributed by atoms with Crippen LogP contribution in [0.25, 0.3) is 0 Å². The van der Waals surface area contributed by atoms with Crippen LogP contribution in [0, 0.1) is 0 Å². The lowest BCUT2D eigenvalue weighted by molar-refractivity contribution is -0.145. The largest absolute Gasteiger partial charge is 0.466 e. The summed E-state index contributed by atoms with van der Waals surface area (Å²) in [5, 5.41) is 2.83. The Balaban J connectivity index is 1.55. The molecule has 1 amide bonds. The van der Waals surface area contributed by atoms with Crippen LogP contribution >= 0.6 is 11.8 Å². The number of hydrogen-bond donors (Lipinski definition) is 1. The third-order valence-corrected chi connectivity index (χ3v) is 4.66. The van der Waals surface area contributed by atoms with E-state index in [1.807, 2.05) is 48.7 Å². The van der Waals surface area contributed by atoms with Gasteiger partial charge in [-0.2, -0.15) is 0 Å². The molecule has 0 radical (unpaired) electrons. The van der Waals surface area contributed by atoms with Crippen molar-refractivity contribution in [1.29, 1.82) is 0 Å². The van der Waals surface area contributed by atoms with Gasteiger partial charge >= 0.3 is 5.97 Å². The van der Waals surface area contributed by atoms with Gasteiger partial charge in [0.25, 0.3) is 0 Å². The van der Waals surface area contributed by atoms with E-state index in [0.29, 0.717) is 13.2 Å². The van der Waals surface area contributed by atoms with E-state index in [1.165, 1.54) is 10.5 Å². The fourth-order valence-corrected chi connectivity index (χ4v) is 2.84. The number of carbonyl (C=O) groups is 2. The standard InChI is InChI=1S/C21H25NO3S/c1-26-19-11-9-18(10-12-19)16-22-20(23)13-14-21(24)25-15-5-8-17-6-3-2-4-7-17/h2-4,6-7,9-12H,5,8,13-16H2,1H3,(H,22,23). The van der Waals surface area contributed by atoms with Crippen molar-refractivity contribution in [3.8, 4) is 0 Å². The van der Waals surface area contributed by atoms with E-state index >= 15 is 0 Å². The van der Waals surface area contributed by atoms with Crippen LogP contribution < -0.4 is 5.32 Å². The fraction of sp³-hybridized carbons (Fsp3) is 0.333. The van der Waals surface area contributed by atoms with Crippen LogP contribution in [-0.2, 0) is 27.3 Å². The molecule has 5 heteroatoms. The summed E-state index contributed by atoms with van der Waals surface area (Å²) < 4.78 is 5.18. The van der Waals surface area contributed by atoms with Crippen LogP contribution in [-0.4, -0.2) is 24.7 Å². The topological polar surface area (TPSA) is 55.4 Å². The van der Waals surface area contributed by atoms with E-state index in [-0.39, 0.29) is 24.7 Å². The van der Waals surface area contributed by atoms with Crippen molar-refractivity contribution in [3.05, 3.63) is 65.7 Å². The van der Waals surface area contributed by atoms with E-state index in [2.05, 4.69) is 17.4 Å². The predicted molar refractivity (Wildman–Crippen MR) is 105 cm³/mol. The molecule has 26 heavy (non-hydrogen) atoms. The van der Waals surface area contributed by atoms with Crippen molar-refractivity contribution in [2.75, 3.05) is 12.9 Å². The van der Waals surface area contributed by atoms with Gasteiger partial charge in [-0.15, -0.1) is 11.8 Å². The molecule has 0 aliphatic rings. The minimum atomic E-state index is -0.322. The molecule has 0 saturated carbocycles. The van der Waals surface area contributed by atoms with Gasteiger partial charge in [0.2, 0.25) is 5.91 Å². The Morgan fingerprint density at radius 2 is 1.69 bits per heavy atom. The number of thioether (sulfide) groups is 1. The number of ether oxygens (including phenoxy) is 1. The lowest BCUT2D eigenvalue weighted by atomic mass is 10.1. The summed E-state index contributed by atoms with van der Waals surface area (Å²) in [6.07, 6.45) is 3.96. The van der Waals surface area contributed by atoms with Crippen molar-refractivity contribution in [2.45, 2.75) is 37.1 Å². The molecule has 1 N–H and O–H groups in total. The van der Waals surface area contributed by atoms with Gasteiger partial charge in [0, 0.05) is 17.9 Å². The zero-order valence-electron chi connectivity index (χ0n) is 15.1. The first-order chi connectivity index (χ1) is 12.7. The molecule has 0 fully saturated rings. The van der Waals surface area contributed by atoms with E-state index < -0.39 is 0 Å². The second kappa shape index (κ2) is 11.4. The third kappa shape index (κ3) is 7.74. The summed E-state index contributed by atoms with van der Waals surface area (Å²) in [4.78, 5) is 24.7. The maximum absolute atomic E-state index is 11.8. The van der Waals surface area contributed by atoms with Crippen LogP contribution in [0.1, 0.15) is 30.4 Å². The summed E-state index contributed by atoms with van der Waals surface area (Å²) in [5.74, 6) is -0.460. The highest BCUT2D eigenvalue weighted by molar-refractivity contribution is 7.98. The highest BCUT2D eigenvalue weighted by Gasteiger charge is 2.08. The molecule has 0 aliphatic heterocycles. The molecule has 0 spiro atoms. The van der Waals surface area contributed by atoms with Gasteiger partial charge in [-0.25, -0.2) is 0 Å². The zero-order chi connectivity index (χ0) is 18.6. The number of esters is 1.